The molecule has 2 heterocycles. The molecule has 3 aromatic rings. The summed E-state index contributed by atoms with van der Waals surface area (Å²) in [5.41, 5.74) is 5.20. The fourth-order valence-corrected chi connectivity index (χ4v) is 3.45. The number of nitrogens with zero attached hydrogens (tertiary/aromatic N) is 3. The number of anilines is 1. The van der Waals surface area contributed by atoms with Gasteiger partial charge in [-0.05, 0) is 49.2 Å². The van der Waals surface area contributed by atoms with Gasteiger partial charge < -0.3 is 9.32 Å². The smallest absolute Gasteiger partial charge is 0.229 e. The topological polar surface area (TPSA) is 32.5 Å². The number of aryl methyl sites for hydroxylation is 2. The first kappa shape index (κ1) is 17.7. The molecule has 0 spiro atoms. The van der Waals surface area contributed by atoms with Crippen molar-refractivity contribution in [3.8, 4) is 11.5 Å². The molecule has 4 nitrogen and oxygen atoms in total. The predicted octanol–water partition coefficient (Wildman–Crippen LogP) is 4.42. The van der Waals surface area contributed by atoms with E-state index >= 15 is 0 Å². The number of oxazole rings is 1. The third-order valence-corrected chi connectivity index (χ3v) is 5.27. The quantitative estimate of drug-likeness (QED) is 0.685. The van der Waals surface area contributed by atoms with Gasteiger partial charge in [0.25, 0.3) is 0 Å². The number of benzene rings is 2. The van der Waals surface area contributed by atoms with Gasteiger partial charge in [-0.1, -0.05) is 18.2 Å². The maximum absolute atomic E-state index is 13.9. The van der Waals surface area contributed by atoms with E-state index in [1.165, 1.54) is 22.9 Å². The van der Waals surface area contributed by atoms with Crippen molar-refractivity contribution in [2.75, 3.05) is 31.1 Å². The Morgan fingerprint density at radius 2 is 1.78 bits per heavy atom. The molecule has 0 radical (unpaired) electrons. The van der Waals surface area contributed by atoms with Crippen LogP contribution in [0.15, 0.2) is 53.1 Å². The van der Waals surface area contributed by atoms with E-state index < -0.39 is 0 Å². The molecule has 0 aliphatic carbocycles. The van der Waals surface area contributed by atoms with Crippen molar-refractivity contribution >= 4 is 5.69 Å². The molecule has 0 bridgehead atoms. The molecule has 0 atom stereocenters. The summed E-state index contributed by atoms with van der Waals surface area (Å²) in [6, 6.07) is 13.2. The van der Waals surface area contributed by atoms with Gasteiger partial charge in [-0.25, -0.2) is 9.37 Å². The van der Waals surface area contributed by atoms with Crippen LogP contribution in [-0.2, 0) is 6.54 Å². The predicted molar refractivity (Wildman–Crippen MR) is 105 cm³/mol. The minimum absolute atomic E-state index is 0.312. The van der Waals surface area contributed by atoms with Gasteiger partial charge in [0.1, 0.15) is 12.1 Å². The summed E-state index contributed by atoms with van der Waals surface area (Å²) in [5.74, 6) is 0.0322. The Morgan fingerprint density at radius 1 is 1.00 bits per heavy atom. The van der Waals surface area contributed by atoms with Crippen molar-refractivity contribution in [3.05, 3.63) is 71.4 Å². The van der Waals surface area contributed by atoms with E-state index in [9.17, 15) is 4.39 Å². The maximum Gasteiger partial charge on any atom is 0.229 e. The Morgan fingerprint density at radius 3 is 2.52 bits per heavy atom. The zero-order chi connectivity index (χ0) is 18.8. The van der Waals surface area contributed by atoms with Gasteiger partial charge in [-0.3, -0.25) is 4.90 Å². The minimum Gasteiger partial charge on any atom is -0.444 e. The van der Waals surface area contributed by atoms with E-state index in [0.29, 0.717) is 11.5 Å². The first-order valence-corrected chi connectivity index (χ1v) is 9.34. The van der Waals surface area contributed by atoms with Gasteiger partial charge >= 0.3 is 0 Å². The fraction of sp³-hybridized carbons (Fsp3) is 0.318. The Hall–Kier alpha value is -2.66. The van der Waals surface area contributed by atoms with E-state index in [1.54, 1.807) is 24.5 Å². The van der Waals surface area contributed by atoms with Crippen LogP contribution in [0.25, 0.3) is 11.5 Å². The van der Waals surface area contributed by atoms with Crippen molar-refractivity contribution in [2.24, 2.45) is 0 Å². The molecule has 1 fully saturated rings. The SMILES string of the molecule is Cc1ccc(N2CCN(Cc3coc(-c4ccccc4F)n3)CC2)cc1C. The Kier molecular flexibility index (Phi) is 4.94. The summed E-state index contributed by atoms with van der Waals surface area (Å²) in [6.45, 7) is 8.93. The summed E-state index contributed by atoms with van der Waals surface area (Å²) < 4.78 is 19.4. The summed E-state index contributed by atoms with van der Waals surface area (Å²) in [5, 5.41) is 0. The van der Waals surface area contributed by atoms with Gasteiger partial charge in [0.2, 0.25) is 5.89 Å². The number of hydrogen-bond donors (Lipinski definition) is 0. The second kappa shape index (κ2) is 7.53. The molecule has 0 unspecified atom stereocenters. The van der Waals surface area contributed by atoms with Gasteiger partial charge in [0.15, 0.2) is 0 Å². The molecule has 1 saturated heterocycles. The van der Waals surface area contributed by atoms with Crippen LogP contribution in [0.5, 0.6) is 0 Å². The van der Waals surface area contributed by atoms with Gasteiger partial charge in [-0.15, -0.1) is 0 Å². The molecular formula is C22H24FN3O. The lowest BCUT2D eigenvalue weighted by Gasteiger charge is -2.36. The number of halogens is 1. The molecule has 5 heteroatoms. The van der Waals surface area contributed by atoms with Crippen molar-refractivity contribution in [2.45, 2.75) is 20.4 Å². The highest BCUT2D eigenvalue weighted by Crippen LogP contribution is 2.23. The zero-order valence-electron chi connectivity index (χ0n) is 15.8. The Labute approximate surface area is 159 Å². The van der Waals surface area contributed by atoms with Crippen LogP contribution in [0.2, 0.25) is 0 Å². The van der Waals surface area contributed by atoms with Crippen LogP contribution in [0.4, 0.5) is 10.1 Å². The average molecular weight is 365 g/mol. The number of hydrogen-bond acceptors (Lipinski definition) is 4. The van der Waals surface area contributed by atoms with Gasteiger partial charge in [0, 0.05) is 38.4 Å². The zero-order valence-corrected chi connectivity index (χ0v) is 15.8. The highest BCUT2D eigenvalue weighted by molar-refractivity contribution is 5.54. The monoisotopic (exact) mass is 365 g/mol. The van der Waals surface area contributed by atoms with Crippen LogP contribution in [0, 0.1) is 19.7 Å². The summed E-state index contributed by atoms with van der Waals surface area (Å²) >= 11 is 0. The maximum atomic E-state index is 13.9. The van der Waals surface area contributed by atoms with E-state index in [-0.39, 0.29) is 5.82 Å². The average Bonchev–Trinajstić information content (AvgIpc) is 3.13. The van der Waals surface area contributed by atoms with Crippen LogP contribution in [-0.4, -0.2) is 36.1 Å². The second-order valence-electron chi connectivity index (χ2n) is 7.16. The van der Waals surface area contributed by atoms with E-state index in [0.717, 1.165) is 38.4 Å². The molecule has 1 aliphatic rings. The lowest BCUT2D eigenvalue weighted by atomic mass is 10.1. The van der Waals surface area contributed by atoms with Crippen LogP contribution in [0.1, 0.15) is 16.8 Å². The molecular weight excluding hydrogens is 341 g/mol. The Bertz CT molecular complexity index is 929. The second-order valence-corrected chi connectivity index (χ2v) is 7.16. The summed E-state index contributed by atoms with van der Waals surface area (Å²) in [4.78, 5) is 9.26. The van der Waals surface area contributed by atoms with Crippen LogP contribution < -0.4 is 4.90 Å². The normalized spacial score (nSPS) is 15.3. The lowest BCUT2D eigenvalue weighted by Crippen LogP contribution is -2.46. The van der Waals surface area contributed by atoms with E-state index in [4.69, 9.17) is 4.42 Å². The van der Waals surface area contributed by atoms with Gasteiger partial charge in [0.05, 0.1) is 11.3 Å². The first-order chi connectivity index (χ1) is 13.1. The van der Waals surface area contributed by atoms with Crippen LogP contribution >= 0.6 is 0 Å². The molecule has 1 aliphatic heterocycles. The number of rotatable bonds is 4. The molecule has 140 valence electrons. The van der Waals surface area contributed by atoms with Crippen molar-refractivity contribution in [3.63, 3.8) is 0 Å². The van der Waals surface area contributed by atoms with Gasteiger partial charge in [-0.2, -0.15) is 0 Å². The third kappa shape index (κ3) is 3.88. The Balaban J connectivity index is 1.37. The van der Waals surface area contributed by atoms with E-state index in [2.05, 4.69) is 46.8 Å². The lowest BCUT2D eigenvalue weighted by molar-refractivity contribution is 0.247. The van der Waals surface area contributed by atoms with Crippen molar-refractivity contribution in [1.82, 2.24) is 9.88 Å². The molecule has 2 aromatic carbocycles. The molecule has 0 amide bonds. The summed E-state index contributed by atoms with van der Waals surface area (Å²) in [6.07, 6.45) is 1.64. The summed E-state index contributed by atoms with van der Waals surface area (Å²) in [7, 11) is 0. The third-order valence-electron chi connectivity index (χ3n) is 5.27. The fourth-order valence-electron chi connectivity index (χ4n) is 3.45. The standard InChI is InChI=1S/C22H24FN3O/c1-16-7-8-19(13-17(16)2)26-11-9-25(10-12-26)14-18-15-27-22(24-18)20-5-3-4-6-21(20)23/h3-8,13,15H,9-12,14H2,1-2H3. The van der Waals surface area contributed by atoms with Crippen LogP contribution in [0.3, 0.4) is 0 Å². The molecule has 0 saturated carbocycles. The molecule has 27 heavy (non-hydrogen) atoms. The number of aromatic nitrogens is 1. The largest absolute Gasteiger partial charge is 0.444 e. The molecule has 1 aromatic heterocycles. The first-order valence-electron chi connectivity index (χ1n) is 9.34. The highest BCUT2D eigenvalue weighted by Gasteiger charge is 2.19. The van der Waals surface area contributed by atoms with E-state index in [1.807, 2.05) is 0 Å². The molecule has 4 rings (SSSR count). The molecule has 0 N–H and O–H groups in total. The highest BCUT2D eigenvalue weighted by atomic mass is 19.1. The van der Waals surface area contributed by atoms with Crippen molar-refractivity contribution in [1.29, 1.82) is 0 Å². The number of piperazine rings is 1. The van der Waals surface area contributed by atoms with Crippen molar-refractivity contribution < 1.29 is 8.81 Å². The minimum atomic E-state index is -0.312.